The standard InChI is InChI=1S/C23H17F2N3O5S2/c1-14-3-6-17(7-4-14)35(31,32)28-10-9-18-21(28)12-20(25)22(23(18)34(29,30)27-2)33-16-5-8-19(24)15(11-16)13-26/h3-12,27H,1-2H3. The van der Waals surface area contributed by atoms with Crippen molar-refractivity contribution in [2.24, 2.45) is 0 Å². The summed E-state index contributed by atoms with van der Waals surface area (Å²) in [6, 6.07) is 12.6. The largest absolute Gasteiger partial charge is 0.453 e. The van der Waals surface area contributed by atoms with Crippen LogP contribution in [0.25, 0.3) is 10.9 Å². The summed E-state index contributed by atoms with van der Waals surface area (Å²) < 4.78 is 89.5. The molecule has 0 aliphatic heterocycles. The van der Waals surface area contributed by atoms with E-state index >= 15 is 4.39 Å². The molecule has 1 heterocycles. The Bertz CT molecular complexity index is 1720. The molecule has 12 heteroatoms. The van der Waals surface area contributed by atoms with Gasteiger partial charge in [0.05, 0.1) is 16.0 Å². The van der Waals surface area contributed by atoms with Crippen LogP contribution in [0.1, 0.15) is 11.1 Å². The zero-order chi connectivity index (χ0) is 25.5. The van der Waals surface area contributed by atoms with Crippen LogP contribution in [0.4, 0.5) is 8.78 Å². The summed E-state index contributed by atoms with van der Waals surface area (Å²) in [5, 5.41) is 8.90. The number of benzene rings is 3. The predicted molar refractivity (Wildman–Crippen MR) is 123 cm³/mol. The SMILES string of the molecule is CNS(=O)(=O)c1c(Oc2ccc(F)c(C#N)c2)c(F)cc2c1ccn2S(=O)(=O)c1ccc(C)cc1. The molecule has 0 unspecified atom stereocenters. The quantitative estimate of drug-likeness (QED) is 0.413. The fourth-order valence-corrected chi connectivity index (χ4v) is 5.83. The number of fused-ring (bicyclic) bond motifs is 1. The average Bonchev–Trinajstić information content (AvgIpc) is 3.24. The summed E-state index contributed by atoms with van der Waals surface area (Å²) in [5.74, 6) is -2.96. The van der Waals surface area contributed by atoms with Crippen molar-refractivity contribution in [3.05, 3.63) is 83.6 Å². The lowest BCUT2D eigenvalue weighted by atomic mass is 10.2. The zero-order valence-electron chi connectivity index (χ0n) is 18.3. The van der Waals surface area contributed by atoms with Gasteiger partial charge in [0.25, 0.3) is 10.0 Å². The zero-order valence-corrected chi connectivity index (χ0v) is 19.9. The minimum atomic E-state index is -4.39. The monoisotopic (exact) mass is 517 g/mol. The maximum atomic E-state index is 15.3. The second-order valence-corrected chi connectivity index (χ2v) is 11.1. The van der Waals surface area contributed by atoms with Gasteiger partial charge in [-0.1, -0.05) is 17.7 Å². The molecule has 0 radical (unpaired) electrons. The number of nitriles is 1. The van der Waals surface area contributed by atoms with Crippen LogP contribution in [0.15, 0.2) is 70.6 Å². The van der Waals surface area contributed by atoms with Gasteiger partial charge >= 0.3 is 0 Å². The van der Waals surface area contributed by atoms with Crippen molar-refractivity contribution in [2.75, 3.05) is 7.05 Å². The molecule has 0 aliphatic carbocycles. The Kier molecular flexibility index (Phi) is 6.10. The lowest BCUT2D eigenvalue weighted by Gasteiger charge is -2.15. The first-order valence-electron chi connectivity index (χ1n) is 9.96. The first-order chi connectivity index (χ1) is 16.5. The van der Waals surface area contributed by atoms with Crippen molar-refractivity contribution >= 4 is 30.9 Å². The Morgan fingerprint density at radius 2 is 1.66 bits per heavy atom. The van der Waals surface area contributed by atoms with Gasteiger partial charge in [-0.2, -0.15) is 5.26 Å². The van der Waals surface area contributed by atoms with E-state index in [4.69, 9.17) is 10.00 Å². The second kappa shape index (κ2) is 8.77. The first-order valence-corrected chi connectivity index (χ1v) is 12.9. The van der Waals surface area contributed by atoms with Gasteiger partial charge in [-0.25, -0.2) is 34.3 Å². The molecule has 0 saturated carbocycles. The molecule has 0 spiro atoms. The van der Waals surface area contributed by atoms with Crippen LogP contribution in [-0.2, 0) is 20.0 Å². The molecule has 8 nitrogen and oxygen atoms in total. The Morgan fingerprint density at radius 1 is 0.971 bits per heavy atom. The summed E-state index contributed by atoms with van der Waals surface area (Å²) in [4.78, 5) is -0.731. The molecular weight excluding hydrogens is 500 g/mol. The van der Waals surface area contributed by atoms with Crippen molar-refractivity contribution in [3.8, 4) is 17.6 Å². The number of hydrogen-bond donors (Lipinski definition) is 1. The van der Waals surface area contributed by atoms with Crippen molar-refractivity contribution in [1.29, 1.82) is 5.26 Å². The normalized spacial score (nSPS) is 12.0. The van der Waals surface area contributed by atoms with E-state index in [1.165, 1.54) is 18.2 Å². The molecule has 4 aromatic rings. The third kappa shape index (κ3) is 4.25. The number of halogens is 2. The van der Waals surface area contributed by atoms with E-state index < -0.39 is 47.9 Å². The number of ether oxygens (including phenoxy) is 1. The van der Waals surface area contributed by atoms with Crippen LogP contribution in [0, 0.1) is 29.9 Å². The second-order valence-electron chi connectivity index (χ2n) is 7.44. The van der Waals surface area contributed by atoms with Crippen LogP contribution >= 0.6 is 0 Å². The Balaban J connectivity index is 1.97. The molecule has 1 aromatic heterocycles. The highest BCUT2D eigenvalue weighted by atomic mass is 32.2. The summed E-state index contributed by atoms with van der Waals surface area (Å²) >= 11 is 0. The minimum absolute atomic E-state index is 0.0743. The van der Waals surface area contributed by atoms with Crippen LogP contribution in [0.2, 0.25) is 0 Å². The average molecular weight is 518 g/mol. The molecule has 0 bridgehead atoms. The summed E-state index contributed by atoms with van der Waals surface area (Å²) in [7, 11) is -7.48. The van der Waals surface area contributed by atoms with Crippen molar-refractivity contribution in [2.45, 2.75) is 16.7 Å². The maximum absolute atomic E-state index is 15.3. The molecule has 0 fully saturated rings. The summed E-state index contributed by atoms with van der Waals surface area (Å²) in [6.45, 7) is 1.79. The molecular formula is C23H17F2N3O5S2. The number of sulfonamides is 1. The van der Waals surface area contributed by atoms with E-state index in [1.807, 2.05) is 0 Å². The topological polar surface area (TPSA) is 118 Å². The van der Waals surface area contributed by atoms with Crippen LogP contribution in [0.5, 0.6) is 11.5 Å². The maximum Gasteiger partial charge on any atom is 0.268 e. The summed E-state index contributed by atoms with van der Waals surface area (Å²) in [6.07, 6.45) is 1.11. The highest BCUT2D eigenvalue weighted by molar-refractivity contribution is 7.90. The number of hydrogen-bond acceptors (Lipinski definition) is 6. The number of nitrogens with one attached hydrogen (secondary N) is 1. The molecule has 0 saturated heterocycles. The number of aryl methyl sites for hydroxylation is 1. The molecule has 180 valence electrons. The number of rotatable bonds is 6. The van der Waals surface area contributed by atoms with Crippen LogP contribution in [0.3, 0.4) is 0 Å². The van der Waals surface area contributed by atoms with Gasteiger partial charge in [0, 0.05) is 23.7 Å². The molecule has 4 rings (SSSR count). The van der Waals surface area contributed by atoms with Crippen molar-refractivity contribution in [1.82, 2.24) is 8.69 Å². The third-order valence-electron chi connectivity index (χ3n) is 5.21. The van der Waals surface area contributed by atoms with E-state index in [2.05, 4.69) is 4.72 Å². The van der Waals surface area contributed by atoms with Gasteiger partial charge in [0.2, 0.25) is 10.0 Å². The van der Waals surface area contributed by atoms with Gasteiger partial charge in [-0.3, -0.25) is 0 Å². The number of aromatic nitrogens is 1. The highest BCUT2D eigenvalue weighted by Crippen LogP contribution is 2.39. The summed E-state index contributed by atoms with van der Waals surface area (Å²) in [5.41, 5.74) is 0.204. The van der Waals surface area contributed by atoms with Crippen molar-refractivity contribution < 1.29 is 30.4 Å². The Hall–Kier alpha value is -3.79. The smallest absolute Gasteiger partial charge is 0.268 e. The van der Waals surface area contributed by atoms with Gasteiger partial charge in [-0.05, 0) is 44.3 Å². The van der Waals surface area contributed by atoms with Gasteiger partial charge in [0.15, 0.2) is 11.6 Å². The van der Waals surface area contributed by atoms with E-state index in [0.29, 0.717) is 0 Å². The Labute approximate surface area is 200 Å². The molecule has 1 N–H and O–H groups in total. The Morgan fingerprint density at radius 3 is 2.29 bits per heavy atom. The van der Waals surface area contributed by atoms with Gasteiger partial charge in [-0.15, -0.1) is 0 Å². The molecule has 0 atom stereocenters. The molecule has 0 amide bonds. The van der Waals surface area contributed by atoms with E-state index in [0.717, 1.165) is 47.0 Å². The van der Waals surface area contributed by atoms with Gasteiger partial charge < -0.3 is 4.74 Å². The molecule has 0 aliphatic rings. The lowest BCUT2D eigenvalue weighted by Crippen LogP contribution is -2.20. The molecule has 35 heavy (non-hydrogen) atoms. The lowest BCUT2D eigenvalue weighted by molar-refractivity contribution is 0.428. The van der Waals surface area contributed by atoms with Crippen molar-refractivity contribution in [3.63, 3.8) is 0 Å². The van der Waals surface area contributed by atoms with Gasteiger partial charge in [0.1, 0.15) is 22.5 Å². The van der Waals surface area contributed by atoms with E-state index in [-0.39, 0.29) is 21.5 Å². The number of nitrogens with zero attached hydrogens (tertiary/aromatic N) is 2. The van der Waals surface area contributed by atoms with Crippen LogP contribution in [-0.4, -0.2) is 27.9 Å². The molecule has 3 aromatic carbocycles. The van der Waals surface area contributed by atoms with Crippen LogP contribution < -0.4 is 9.46 Å². The first kappa shape index (κ1) is 24.3. The van der Waals surface area contributed by atoms with E-state index in [9.17, 15) is 21.2 Å². The highest BCUT2D eigenvalue weighted by Gasteiger charge is 2.30. The predicted octanol–water partition coefficient (Wildman–Crippen LogP) is 4.04. The fourth-order valence-electron chi connectivity index (χ4n) is 3.45. The third-order valence-corrected chi connectivity index (χ3v) is 8.40. The minimum Gasteiger partial charge on any atom is -0.453 e. The fraction of sp³-hybridized carbons (Fsp3) is 0.0870. The van der Waals surface area contributed by atoms with E-state index in [1.54, 1.807) is 25.1 Å².